The molecule has 122 valence electrons. The van der Waals surface area contributed by atoms with Crippen LogP contribution in [0.1, 0.15) is 37.7 Å². The molecular weight excluding hydrogens is 299 g/mol. The van der Waals surface area contributed by atoms with Gasteiger partial charge >= 0.3 is 12.1 Å². The summed E-state index contributed by atoms with van der Waals surface area (Å²) >= 11 is 0. The van der Waals surface area contributed by atoms with Gasteiger partial charge in [-0.25, -0.2) is 4.79 Å². The molecule has 1 aromatic rings. The van der Waals surface area contributed by atoms with Crippen LogP contribution in [0.4, 0.5) is 13.2 Å². The molecule has 0 aliphatic carbocycles. The summed E-state index contributed by atoms with van der Waals surface area (Å²) in [5.41, 5.74) is -0.0208. The molecule has 0 aliphatic rings. The Morgan fingerprint density at radius 3 is 2.27 bits per heavy atom. The highest BCUT2D eigenvalue weighted by atomic mass is 19.4. The second-order valence-corrected chi connectivity index (χ2v) is 4.96. The summed E-state index contributed by atoms with van der Waals surface area (Å²) in [4.78, 5) is 22.7. The number of benzene rings is 1. The van der Waals surface area contributed by atoms with E-state index < -0.39 is 36.4 Å². The van der Waals surface area contributed by atoms with Crippen LogP contribution in [0, 0.1) is 0 Å². The maximum Gasteiger partial charge on any atom is 0.396 e. The first-order chi connectivity index (χ1) is 10.3. The quantitative estimate of drug-likeness (QED) is 0.812. The molecule has 1 amide bonds. The van der Waals surface area contributed by atoms with E-state index in [2.05, 4.69) is 5.32 Å². The molecule has 0 heterocycles. The Labute approximate surface area is 126 Å². The van der Waals surface area contributed by atoms with Gasteiger partial charge in [0, 0.05) is 6.42 Å². The summed E-state index contributed by atoms with van der Waals surface area (Å²) in [6, 6.07) is 5.94. The van der Waals surface area contributed by atoms with Gasteiger partial charge in [-0.3, -0.25) is 4.79 Å². The van der Waals surface area contributed by atoms with Crippen LogP contribution in [0.2, 0.25) is 0 Å². The van der Waals surface area contributed by atoms with E-state index in [1.54, 1.807) is 13.0 Å². The molecule has 0 saturated heterocycles. The van der Waals surface area contributed by atoms with E-state index in [1.165, 1.54) is 24.3 Å². The van der Waals surface area contributed by atoms with Crippen LogP contribution in [-0.4, -0.2) is 29.2 Å². The van der Waals surface area contributed by atoms with Crippen LogP contribution < -0.4 is 5.32 Å². The van der Waals surface area contributed by atoms with Gasteiger partial charge in [0.2, 0.25) is 5.91 Å². The lowest BCUT2D eigenvalue weighted by atomic mass is 9.94. The zero-order chi connectivity index (χ0) is 16.8. The second kappa shape index (κ2) is 7.82. The average molecular weight is 317 g/mol. The molecule has 1 aromatic carbocycles. The van der Waals surface area contributed by atoms with Crippen molar-refractivity contribution in [2.45, 2.75) is 44.3 Å². The molecule has 2 N–H and O–H groups in total. The first kappa shape index (κ1) is 18.0. The summed E-state index contributed by atoms with van der Waals surface area (Å²) in [5.74, 6) is -4.13. The van der Waals surface area contributed by atoms with Crippen molar-refractivity contribution < 1.29 is 27.9 Å². The van der Waals surface area contributed by atoms with Crippen LogP contribution >= 0.6 is 0 Å². The third kappa shape index (κ3) is 5.38. The molecule has 7 heteroatoms. The van der Waals surface area contributed by atoms with Crippen LogP contribution in [0.3, 0.4) is 0 Å². The van der Waals surface area contributed by atoms with E-state index in [4.69, 9.17) is 5.11 Å². The normalized spacial score (nSPS) is 14.2. The summed E-state index contributed by atoms with van der Waals surface area (Å²) < 4.78 is 39.3. The number of carboxylic acids is 1. The molecule has 0 fully saturated rings. The topological polar surface area (TPSA) is 66.4 Å². The predicted octanol–water partition coefficient (Wildman–Crippen LogP) is 3.09. The van der Waals surface area contributed by atoms with Gasteiger partial charge in [-0.1, -0.05) is 43.7 Å². The minimum Gasteiger partial charge on any atom is -0.480 e. The number of carbonyl (C=O) groups is 2. The van der Waals surface area contributed by atoms with Crippen LogP contribution in [0.15, 0.2) is 30.3 Å². The van der Waals surface area contributed by atoms with Gasteiger partial charge in [0.25, 0.3) is 0 Å². The van der Waals surface area contributed by atoms with Gasteiger partial charge in [0.15, 0.2) is 0 Å². The lowest BCUT2D eigenvalue weighted by Crippen LogP contribution is -2.42. The molecule has 0 radical (unpaired) electrons. The van der Waals surface area contributed by atoms with Crippen molar-refractivity contribution in [1.29, 1.82) is 0 Å². The second-order valence-electron chi connectivity index (χ2n) is 4.96. The Morgan fingerprint density at radius 1 is 1.23 bits per heavy atom. The van der Waals surface area contributed by atoms with E-state index in [0.29, 0.717) is 6.42 Å². The number of carbonyl (C=O) groups excluding carboxylic acids is 1. The van der Waals surface area contributed by atoms with Crippen LogP contribution in [0.5, 0.6) is 0 Å². The summed E-state index contributed by atoms with van der Waals surface area (Å²) in [7, 11) is 0. The van der Waals surface area contributed by atoms with Crippen molar-refractivity contribution in [3.8, 4) is 0 Å². The van der Waals surface area contributed by atoms with Crippen molar-refractivity contribution in [3.63, 3.8) is 0 Å². The van der Waals surface area contributed by atoms with Crippen molar-refractivity contribution in [2.75, 3.05) is 0 Å². The van der Waals surface area contributed by atoms with Crippen molar-refractivity contribution in [3.05, 3.63) is 35.9 Å². The first-order valence-electron chi connectivity index (χ1n) is 6.89. The highest BCUT2D eigenvalue weighted by Crippen LogP contribution is 2.37. The Hall–Kier alpha value is -2.05. The molecule has 2 atom stereocenters. The van der Waals surface area contributed by atoms with Crippen molar-refractivity contribution in [1.82, 2.24) is 5.32 Å². The van der Waals surface area contributed by atoms with Gasteiger partial charge in [-0.2, -0.15) is 13.2 Å². The van der Waals surface area contributed by atoms with Crippen LogP contribution in [0.25, 0.3) is 0 Å². The molecule has 4 nitrogen and oxygen atoms in total. The number of aliphatic carboxylic acids is 1. The summed E-state index contributed by atoms with van der Waals surface area (Å²) in [6.45, 7) is 1.73. The lowest BCUT2D eigenvalue weighted by Gasteiger charge is -2.21. The highest BCUT2D eigenvalue weighted by molar-refractivity contribution is 5.84. The van der Waals surface area contributed by atoms with Gasteiger partial charge in [0.05, 0.1) is 5.92 Å². The van der Waals surface area contributed by atoms with E-state index in [-0.39, 0.29) is 12.0 Å². The zero-order valence-corrected chi connectivity index (χ0v) is 12.1. The van der Waals surface area contributed by atoms with E-state index >= 15 is 0 Å². The average Bonchev–Trinajstić information content (AvgIpc) is 2.44. The fourth-order valence-corrected chi connectivity index (χ4v) is 2.09. The molecule has 0 bridgehead atoms. The molecule has 22 heavy (non-hydrogen) atoms. The fourth-order valence-electron chi connectivity index (χ4n) is 2.09. The Morgan fingerprint density at radius 2 is 1.82 bits per heavy atom. The predicted molar refractivity (Wildman–Crippen MR) is 74.3 cm³/mol. The van der Waals surface area contributed by atoms with E-state index in [9.17, 15) is 22.8 Å². The third-order valence-corrected chi connectivity index (χ3v) is 3.20. The number of nitrogens with one attached hydrogen (secondary N) is 1. The third-order valence-electron chi connectivity index (χ3n) is 3.20. The SMILES string of the molecule is CCCC(NC(=O)CC(c1ccccc1)C(F)(F)F)C(=O)O. The minimum atomic E-state index is -4.58. The van der Waals surface area contributed by atoms with Gasteiger partial charge in [-0.15, -0.1) is 0 Å². The number of halogens is 3. The number of hydrogen-bond acceptors (Lipinski definition) is 2. The summed E-state index contributed by atoms with van der Waals surface area (Å²) in [6.07, 6.45) is -4.75. The van der Waals surface area contributed by atoms with E-state index in [0.717, 1.165) is 0 Å². The standard InChI is InChI=1S/C15H18F3NO3/c1-2-6-12(14(21)22)19-13(20)9-11(15(16,17)18)10-7-4-3-5-8-10/h3-5,7-8,11-12H,2,6,9H2,1H3,(H,19,20)(H,21,22). The molecule has 0 saturated carbocycles. The molecular formula is C15H18F3NO3. The number of alkyl halides is 3. The maximum absolute atomic E-state index is 13.1. The lowest BCUT2D eigenvalue weighted by molar-refractivity contribution is -0.158. The van der Waals surface area contributed by atoms with Gasteiger partial charge in [-0.05, 0) is 12.0 Å². The van der Waals surface area contributed by atoms with Crippen LogP contribution in [-0.2, 0) is 9.59 Å². The molecule has 0 aromatic heterocycles. The number of rotatable bonds is 7. The Bertz CT molecular complexity index is 503. The molecule has 0 spiro atoms. The number of hydrogen-bond donors (Lipinski definition) is 2. The van der Waals surface area contributed by atoms with Crippen molar-refractivity contribution >= 4 is 11.9 Å². The van der Waals surface area contributed by atoms with Gasteiger partial charge < -0.3 is 10.4 Å². The molecule has 2 unspecified atom stereocenters. The summed E-state index contributed by atoms with van der Waals surface area (Å²) in [5, 5.41) is 11.1. The first-order valence-corrected chi connectivity index (χ1v) is 6.89. The molecule has 1 rings (SSSR count). The molecule has 0 aliphatic heterocycles. The largest absolute Gasteiger partial charge is 0.480 e. The number of amides is 1. The minimum absolute atomic E-state index is 0.0208. The number of carboxylic acid groups (broad SMARTS) is 1. The highest BCUT2D eigenvalue weighted by Gasteiger charge is 2.42. The van der Waals surface area contributed by atoms with Crippen molar-refractivity contribution in [2.24, 2.45) is 0 Å². The Balaban J connectivity index is 2.82. The van der Waals surface area contributed by atoms with Gasteiger partial charge in [0.1, 0.15) is 6.04 Å². The monoisotopic (exact) mass is 317 g/mol. The zero-order valence-electron chi connectivity index (χ0n) is 12.1. The Kier molecular flexibility index (Phi) is 6.39. The fraction of sp³-hybridized carbons (Fsp3) is 0.467. The smallest absolute Gasteiger partial charge is 0.396 e. The maximum atomic E-state index is 13.1. The van der Waals surface area contributed by atoms with E-state index in [1.807, 2.05) is 0 Å².